The predicted octanol–water partition coefficient (Wildman–Crippen LogP) is 3.22. The highest BCUT2D eigenvalue weighted by Gasteiger charge is 2.30. The molecule has 11 heteroatoms. The van der Waals surface area contributed by atoms with E-state index in [2.05, 4.69) is 4.74 Å². The number of likely N-dealkylation sites (tertiary alicyclic amines) is 1. The van der Waals surface area contributed by atoms with Crippen molar-refractivity contribution >= 4 is 23.3 Å². The number of amides is 1. The van der Waals surface area contributed by atoms with Gasteiger partial charge in [-0.05, 0) is 24.3 Å². The lowest BCUT2D eigenvalue weighted by atomic mass is 10.1. The Labute approximate surface area is 177 Å². The maximum absolute atomic E-state index is 12.7. The molecule has 1 amide bonds. The highest BCUT2D eigenvalue weighted by molar-refractivity contribution is 5.95. The van der Waals surface area contributed by atoms with E-state index in [1.807, 2.05) is 0 Å². The van der Waals surface area contributed by atoms with Gasteiger partial charge in [-0.3, -0.25) is 25.0 Å². The fourth-order valence-electron chi connectivity index (χ4n) is 3.10. The number of nitro groups is 2. The first-order chi connectivity index (χ1) is 14.3. The molecule has 1 aliphatic rings. The molecule has 0 N–H and O–H groups in total. The third-order valence-electron chi connectivity index (χ3n) is 4.58. The van der Waals surface area contributed by atoms with Crippen LogP contribution in [0.2, 0.25) is 0 Å². The van der Waals surface area contributed by atoms with Crippen molar-refractivity contribution in [2.24, 2.45) is 0 Å². The van der Waals surface area contributed by atoms with Crippen LogP contribution < -0.4 is 4.74 Å². The van der Waals surface area contributed by atoms with Crippen molar-refractivity contribution in [3.8, 4) is 5.75 Å². The van der Waals surface area contributed by atoms with Gasteiger partial charge in [-0.25, -0.2) is 4.79 Å². The van der Waals surface area contributed by atoms with Crippen molar-refractivity contribution in [3.63, 3.8) is 0 Å². The second-order valence-corrected chi connectivity index (χ2v) is 6.55. The molecule has 1 atom stereocenters. The number of ether oxygens (including phenoxy) is 2. The van der Waals surface area contributed by atoms with Gasteiger partial charge in [-0.1, -0.05) is 7.43 Å². The Balaban J connectivity index is 0.00000341. The number of carbonyl (C=O) groups excluding carboxylic acids is 2. The van der Waals surface area contributed by atoms with Gasteiger partial charge in [0.15, 0.2) is 0 Å². The number of rotatable bonds is 6. The highest BCUT2D eigenvalue weighted by Crippen LogP contribution is 2.26. The van der Waals surface area contributed by atoms with E-state index in [1.165, 1.54) is 12.0 Å². The van der Waals surface area contributed by atoms with Gasteiger partial charge < -0.3 is 14.4 Å². The lowest BCUT2D eigenvalue weighted by Gasteiger charge is -2.17. The molecular formula is C20H21N3O8. The Morgan fingerprint density at radius 3 is 2.10 bits per heavy atom. The molecule has 0 bridgehead atoms. The quantitative estimate of drug-likeness (QED) is 0.385. The van der Waals surface area contributed by atoms with Gasteiger partial charge in [0.05, 0.1) is 40.7 Å². The van der Waals surface area contributed by atoms with Crippen molar-refractivity contribution in [1.29, 1.82) is 0 Å². The van der Waals surface area contributed by atoms with Gasteiger partial charge in [0.2, 0.25) is 0 Å². The molecule has 0 unspecified atom stereocenters. The average molecular weight is 431 g/mol. The van der Waals surface area contributed by atoms with Crippen LogP contribution in [0.1, 0.15) is 34.6 Å². The normalized spacial score (nSPS) is 15.0. The van der Waals surface area contributed by atoms with E-state index in [0.717, 1.165) is 18.2 Å². The van der Waals surface area contributed by atoms with E-state index in [1.54, 1.807) is 24.3 Å². The number of benzene rings is 2. The minimum absolute atomic E-state index is 0. The predicted molar refractivity (Wildman–Crippen MR) is 109 cm³/mol. The van der Waals surface area contributed by atoms with E-state index in [-0.39, 0.29) is 25.6 Å². The summed E-state index contributed by atoms with van der Waals surface area (Å²) in [5.74, 6) is -0.507. The molecule has 1 heterocycles. The standard InChI is InChI=1S/C19H17N3O8.CH4/c1-29-19(24)12-2-4-16(5-3-12)30-17-6-7-20(11-17)18(23)13-8-14(21(25)26)10-15(9-13)22(27)28;/h2-5,8-10,17H,6-7,11H2,1H3;1H4/t17-;/m1./s1. The first-order valence-corrected chi connectivity index (χ1v) is 8.86. The lowest BCUT2D eigenvalue weighted by molar-refractivity contribution is -0.394. The molecule has 0 spiro atoms. The first kappa shape index (κ1) is 23.3. The molecule has 2 aromatic carbocycles. The Hall–Kier alpha value is -4.02. The Morgan fingerprint density at radius 2 is 1.58 bits per heavy atom. The van der Waals surface area contributed by atoms with Gasteiger partial charge in [0, 0.05) is 25.1 Å². The monoisotopic (exact) mass is 431 g/mol. The number of non-ortho nitro benzene ring substituents is 2. The maximum atomic E-state index is 12.7. The van der Waals surface area contributed by atoms with E-state index < -0.39 is 33.1 Å². The van der Waals surface area contributed by atoms with Crippen molar-refractivity contribution in [2.75, 3.05) is 20.2 Å². The van der Waals surface area contributed by atoms with E-state index in [4.69, 9.17) is 4.74 Å². The molecule has 0 saturated carbocycles. The van der Waals surface area contributed by atoms with Crippen LogP contribution >= 0.6 is 0 Å². The van der Waals surface area contributed by atoms with E-state index >= 15 is 0 Å². The van der Waals surface area contributed by atoms with Crippen LogP contribution in [0.15, 0.2) is 42.5 Å². The van der Waals surface area contributed by atoms with Crippen molar-refractivity contribution < 1.29 is 28.9 Å². The molecule has 31 heavy (non-hydrogen) atoms. The van der Waals surface area contributed by atoms with Crippen LogP contribution in [-0.2, 0) is 4.74 Å². The second kappa shape index (κ2) is 9.65. The number of nitro benzene ring substituents is 2. The SMILES string of the molecule is C.COC(=O)c1ccc(O[C@@H]2CCN(C(=O)c3cc([N+](=O)[O-])cc([N+](=O)[O-])c3)C2)cc1. The van der Waals surface area contributed by atoms with Crippen molar-refractivity contribution in [2.45, 2.75) is 20.0 Å². The van der Waals surface area contributed by atoms with Gasteiger partial charge in [0.25, 0.3) is 17.3 Å². The molecule has 2 aromatic rings. The molecule has 11 nitrogen and oxygen atoms in total. The molecule has 0 aliphatic carbocycles. The van der Waals surface area contributed by atoms with E-state index in [0.29, 0.717) is 24.3 Å². The number of hydrogen-bond acceptors (Lipinski definition) is 8. The Kier molecular flexibility index (Phi) is 7.24. The zero-order valence-corrected chi connectivity index (χ0v) is 15.8. The smallest absolute Gasteiger partial charge is 0.337 e. The zero-order valence-electron chi connectivity index (χ0n) is 15.8. The minimum atomic E-state index is -0.780. The molecule has 1 fully saturated rings. The maximum Gasteiger partial charge on any atom is 0.337 e. The summed E-state index contributed by atoms with van der Waals surface area (Å²) in [7, 11) is 1.28. The third kappa shape index (κ3) is 5.32. The minimum Gasteiger partial charge on any atom is -0.489 e. The number of carbonyl (C=O) groups is 2. The van der Waals surface area contributed by atoms with Crippen molar-refractivity contribution in [3.05, 3.63) is 73.8 Å². The summed E-state index contributed by atoms with van der Waals surface area (Å²) in [6, 6.07) is 9.19. The molecule has 0 radical (unpaired) electrons. The lowest BCUT2D eigenvalue weighted by Crippen LogP contribution is -2.31. The van der Waals surface area contributed by atoms with Crippen LogP contribution in [0.3, 0.4) is 0 Å². The van der Waals surface area contributed by atoms with Gasteiger partial charge in [-0.2, -0.15) is 0 Å². The van der Waals surface area contributed by atoms with Crippen LogP contribution in [0.5, 0.6) is 5.75 Å². The Morgan fingerprint density at radius 1 is 1.00 bits per heavy atom. The number of methoxy groups -OCH3 is 1. The van der Waals surface area contributed by atoms with Gasteiger partial charge in [-0.15, -0.1) is 0 Å². The Bertz CT molecular complexity index is 974. The van der Waals surface area contributed by atoms with Crippen LogP contribution in [0, 0.1) is 20.2 Å². The zero-order chi connectivity index (χ0) is 21.8. The molecular weight excluding hydrogens is 410 g/mol. The summed E-state index contributed by atoms with van der Waals surface area (Å²) in [5, 5.41) is 22.0. The summed E-state index contributed by atoms with van der Waals surface area (Å²) in [6.45, 7) is 0.550. The van der Waals surface area contributed by atoms with Gasteiger partial charge >= 0.3 is 5.97 Å². The molecule has 1 saturated heterocycles. The topological polar surface area (TPSA) is 142 Å². The van der Waals surface area contributed by atoms with Gasteiger partial charge in [0.1, 0.15) is 11.9 Å². The van der Waals surface area contributed by atoms with Crippen LogP contribution in [0.25, 0.3) is 0 Å². The molecule has 3 rings (SSSR count). The summed E-state index contributed by atoms with van der Waals surface area (Å²) < 4.78 is 10.5. The first-order valence-electron chi connectivity index (χ1n) is 8.86. The summed E-state index contributed by atoms with van der Waals surface area (Å²) in [4.78, 5) is 46.1. The largest absolute Gasteiger partial charge is 0.489 e. The number of nitrogens with zero attached hydrogens (tertiary/aromatic N) is 3. The fraction of sp³-hybridized carbons (Fsp3) is 0.300. The summed E-state index contributed by atoms with van der Waals surface area (Å²) in [6.07, 6.45) is 0.188. The third-order valence-corrected chi connectivity index (χ3v) is 4.58. The summed E-state index contributed by atoms with van der Waals surface area (Å²) >= 11 is 0. The van der Waals surface area contributed by atoms with Crippen LogP contribution in [0.4, 0.5) is 11.4 Å². The summed E-state index contributed by atoms with van der Waals surface area (Å²) in [5.41, 5.74) is -0.796. The van der Waals surface area contributed by atoms with Crippen molar-refractivity contribution in [1.82, 2.24) is 4.90 Å². The number of esters is 1. The van der Waals surface area contributed by atoms with E-state index in [9.17, 15) is 29.8 Å². The molecule has 164 valence electrons. The molecule has 0 aromatic heterocycles. The average Bonchev–Trinajstić information content (AvgIpc) is 3.21. The van der Waals surface area contributed by atoms with Crippen LogP contribution in [-0.4, -0.2) is 52.9 Å². The number of hydrogen-bond donors (Lipinski definition) is 0. The highest BCUT2D eigenvalue weighted by atomic mass is 16.6. The second-order valence-electron chi connectivity index (χ2n) is 6.55. The molecule has 1 aliphatic heterocycles. The fourth-order valence-corrected chi connectivity index (χ4v) is 3.10.